The lowest BCUT2D eigenvalue weighted by atomic mass is 10.1. The number of nitrogens with zero attached hydrogens (tertiary/aromatic N) is 1. The molecule has 2 amide bonds. The summed E-state index contributed by atoms with van der Waals surface area (Å²) in [7, 11) is -3.56. The predicted octanol–water partition coefficient (Wildman–Crippen LogP) is 2.00. The summed E-state index contributed by atoms with van der Waals surface area (Å²) in [5.74, 6) is -0.588. The minimum atomic E-state index is -3.56. The van der Waals surface area contributed by atoms with Crippen LogP contribution in [0.1, 0.15) is 34.3 Å². The molecule has 1 aliphatic rings. The molecule has 0 aliphatic carbocycles. The number of piperidine rings is 1. The molecule has 2 aromatic carbocycles. The third kappa shape index (κ3) is 5.25. The van der Waals surface area contributed by atoms with Crippen LogP contribution in [-0.2, 0) is 14.8 Å². The summed E-state index contributed by atoms with van der Waals surface area (Å²) >= 11 is 0. The summed E-state index contributed by atoms with van der Waals surface area (Å²) < 4.78 is 27.5. The quantitative estimate of drug-likeness (QED) is 0.734. The van der Waals surface area contributed by atoms with Crippen molar-refractivity contribution in [3.05, 3.63) is 65.2 Å². The van der Waals surface area contributed by atoms with Crippen LogP contribution in [0.5, 0.6) is 0 Å². The molecule has 2 N–H and O–H groups in total. The molecule has 1 fully saturated rings. The van der Waals surface area contributed by atoms with E-state index in [4.69, 9.17) is 0 Å². The number of sulfonamides is 1. The van der Waals surface area contributed by atoms with Gasteiger partial charge >= 0.3 is 0 Å². The van der Waals surface area contributed by atoms with Crippen molar-refractivity contribution in [1.29, 1.82) is 0 Å². The van der Waals surface area contributed by atoms with E-state index in [1.54, 1.807) is 37.3 Å². The van der Waals surface area contributed by atoms with Crippen molar-refractivity contribution in [3.8, 4) is 0 Å². The van der Waals surface area contributed by atoms with Crippen LogP contribution in [0.4, 0.5) is 0 Å². The van der Waals surface area contributed by atoms with Crippen LogP contribution in [0.3, 0.4) is 0 Å². The van der Waals surface area contributed by atoms with E-state index >= 15 is 0 Å². The molecule has 160 valence electrons. The van der Waals surface area contributed by atoms with E-state index in [0.29, 0.717) is 36.4 Å². The Morgan fingerprint density at radius 1 is 1.03 bits per heavy atom. The molecule has 1 heterocycles. The first-order chi connectivity index (χ1) is 14.3. The number of aryl methyl sites for hydroxylation is 2. The van der Waals surface area contributed by atoms with Crippen LogP contribution >= 0.6 is 0 Å². The van der Waals surface area contributed by atoms with Crippen LogP contribution in [0.25, 0.3) is 0 Å². The number of carbonyl (C=O) groups is 2. The van der Waals surface area contributed by atoms with E-state index in [2.05, 4.69) is 10.6 Å². The maximum atomic E-state index is 13.0. The number of amides is 2. The molecule has 1 aliphatic heterocycles. The van der Waals surface area contributed by atoms with E-state index in [-0.39, 0.29) is 24.4 Å². The Kier molecular flexibility index (Phi) is 6.89. The van der Waals surface area contributed by atoms with Crippen molar-refractivity contribution in [2.24, 2.45) is 0 Å². The third-order valence-electron chi connectivity index (χ3n) is 5.23. The molecular formula is C22H27N3O4S. The zero-order chi connectivity index (χ0) is 21.7. The van der Waals surface area contributed by atoms with Crippen molar-refractivity contribution in [1.82, 2.24) is 14.9 Å². The minimum absolute atomic E-state index is 0.115. The number of nitrogens with one attached hydrogen (secondary N) is 2. The highest BCUT2D eigenvalue weighted by atomic mass is 32.2. The summed E-state index contributed by atoms with van der Waals surface area (Å²) in [5.41, 5.74) is 2.12. The van der Waals surface area contributed by atoms with Gasteiger partial charge in [-0.25, -0.2) is 8.42 Å². The fourth-order valence-corrected chi connectivity index (χ4v) is 5.28. The largest absolute Gasteiger partial charge is 0.352 e. The smallest absolute Gasteiger partial charge is 0.251 e. The highest BCUT2D eigenvalue weighted by molar-refractivity contribution is 7.89. The lowest BCUT2D eigenvalue weighted by Crippen LogP contribution is -2.48. The van der Waals surface area contributed by atoms with Gasteiger partial charge in [-0.1, -0.05) is 30.3 Å². The highest BCUT2D eigenvalue weighted by Gasteiger charge is 2.31. The van der Waals surface area contributed by atoms with Crippen molar-refractivity contribution < 1.29 is 18.0 Å². The van der Waals surface area contributed by atoms with Gasteiger partial charge in [0, 0.05) is 24.7 Å². The molecule has 0 bridgehead atoms. The predicted molar refractivity (Wildman–Crippen MR) is 115 cm³/mol. The number of hydrogen-bond donors (Lipinski definition) is 2. The molecule has 30 heavy (non-hydrogen) atoms. The van der Waals surface area contributed by atoms with Gasteiger partial charge in [-0.15, -0.1) is 0 Å². The van der Waals surface area contributed by atoms with Crippen LogP contribution < -0.4 is 10.6 Å². The second-order valence-electron chi connectivity index (χ2n) is 7.56. The normalized spacial score (nSPS) is 15.5. The van der Waals surface area contributed by atoms with E-state index in [0.717, 1.165) is 11.1 Å². The summed E-state index contributed by atoms with van der Waals surface area (Å²) in [6, 6.07) is 14.0. The molecule has 0 radical (unpaired) electrons. The number of hydrogen-bond acceptors (Lipinski definition) is 4. The average Bonchev–Trinajstić information content (AvgIpc) is 2.74. The lowest BCUT2D eigenvalue weighted by molar-refractivity contribution is -0.121. The number of rotatable bonds is 6. The minimum Gasteiger partial charge on any atom is -0.352 e. The van der Waals surface area contributed by atoms with Gasteiger partial charge in [-0.3, -0.25) is 9.59 Å². The summed E-state index contributed by atoms with van der Waals surface area (Å²) in [6.07, 6.45) is 1.06. The highest BCUT2D eigenvalue weighted by Crippen LogP contribution is 2.24. The molecule has 2 aromatic rings. The number of carbonyl (C=O) groups excluding carboxylic acids is 2. The van der Waals surface area contributed by atoms with E-state index < -0.39 is 10.0 Å². The molecule has 0 unspecified atom stereocenters. The standard InChI is InChI=1S/C22H27N3O4S/c1-16-8-9-17(2)20(14-16)30(28,29)25-12-10-19(11-13-25)24-21(26)15-23-22(27)18-6-4-3-5-7-18/h3-9,14,19H,10-13,15H2,1-2H3,(H,23,27)(H,24,26). The van der Waals surface area contributed by atoms with Gasteiger partial charge in [-0.05, 0) is 56.0 Å². The average molecular weight is 430 g/mol. The van der Waals surface area contributed by atoms with Crippen LogP contribution in [0.2, 0.25) is 0 Å². The Morgan fingerprint density at radius 2 is 1.70 bits per heavy atom. The summed E-state index contributed by atoms with van der Waals surface area (Å²) in [4.78, 5) is 24.5. The lowest BCUT2D eigenvalue weighted by Gasteiger charge is -2.32. The fourth-order valence-electron chi connectivity index (χ4n) is 3.50. The monoisotopic (exact) mass is 429 g/mol. The van der Waals surface area contributed by atoms with E-state index in [9.17, 15) is 18.0 Å². The maximum absolute atomic E-state index is 13.0. The van der Waals surface area contributed by atoms with E-state index in [1.807, 2.05) is 25.1 Å². The molecule has 1 saturated heterocycles. The SMILES string of the molecule is Cc1ccc(C)c(S(=O)(=O)N2CCC(NC(=O)CNC(=O)c3ccccc3)CC2)c1. The zero-order valence-corrected chi connectivity index (χ0v) is 18.0. The molecule has 0 aromatic heterocycles. The van der Waals surface area contributed by atoms with Crippen molar-refractivity contribution in [2.45, 2.75) is 37.6 Å². The van der Waals surface area contributed by atoms with Gasteiger partial charge in [0.05, 0.1) is 11.4 Å². The van der Waals surface area contributed by atoms with Gasteiger partial charge in [0.15, 0.2) is 0 Å². The maximum Gasteiger partial charge on any atom is 0.251 e. The topological polar surface area (TPSA) is 95.6 Å². The van der Waals surface area contributed by atoms with E-state index in [1.165, 1.54) is 4.31 Å². The first-order valence-corrected chi connectivity index (χ1v) is 11.4. The van der Waals surface area contributed by atoms with Crippen molar-refractivity contribution in [3.63, 3.8) is 0 Å². The Hall–Kier alpha value is -2.71. The van der Waals surface area contributed by atoms with Gasteiger partial charge in [0.2, 0.25) is 15.9 Å². The van der Waals surface area contributed by atoms with Crippen molar-refractivity contribution >= 4 is 21.8 Å². The van der Waals surface area contributed by atoms with Gasteiger partial charge in [0.1, 0.15) is 0 Å². The van der Waals surface area contributed by atoms with Crippen LogP contribution in [-0.4, -0.2) is 50.2 Å². The second-order valence-corrected chi connectivity index (χ2v) is 9.47. The van der Waals surface area contributed by atoms with Gasteiger partial charge in [-0.2, -0.15) is 4.31 Å². The Labute approximate surface area is 177 Å². The molecule has 3 rings (SSSR count). The first-order valence-electron chi connectivity index (χ1n) is 9.97. The van der Waals surface area contributed by atoms with Crippen LogP contribution in [0.15, 0.2) is 53.4 Å². The molecule has 7 nitrogen and oxygen atoms in total. The van der Waals surface area contributed by atoms with Crippen molar-refractivity contribution in [2.75, 3.05) is 19.6 Å². The molecule has 0 spiro atoms. The van der Waals surface area contributed by atoms with Gasteiger partial charge < -0.3 is 10.6 Å². The fraction of sp³-hybridized carbons (Fsp3) is 0.364. The van der Waals surface area contributed by atoms with Gasteiger partial charge in [0.25, 0.3) is 5.91 Å². The molecular weight excluding hydrogens is 402 g/mol. The second kappa shape index (κ2) is 9.40. The third-order valence-corrected chi connectivity index (χ3v) is 7.27. The molecule has 8 heteroatoms. The number of benzene rings is 2. The summed E-state index contributed by atoms with van der Waals surface area (Å²) in [5, 5.41) is 5.48. The zero-order valence-electron chi connectivity index (χ0n) is 17.2. The molecule has 0 saturated carbocycles. The van der Waals surface area contributed by atoms with Crippen LogP contribution in [0, 0.1) is 13.8 Å². The Bertz CT molecular complexity index is 1010. The molecule has 0 atom stereocenters. The first kappa shape index (κ1) is 22.0. The summed E-state index contributed by atoms with van der Waals surface area (Å²) in [6.45, 7) is 4.24. The Balaban J connectivity index is 1.50. The Morgan fingerprint density at radius 3 is 2.37 bits per heavy atom.